The Morgan fingerprint density at radius 3 is 2.65 bits per heavy atom. The minimum Gasteiger partial charge on any atom is -0.478 e. The molecule has 7 heteroatoms. The van der Waals surface area contributed by atoms with E-state index in [9.17, 15) is 4.79 Å². The van der Waals surface area contributed by atoms with Crippen LogP contribution in [0.4, 0.5) is 0 Å². The first-order chi connectivity index (χ1) is 9.63. The van der Waals surface area contributed by atoms with Gasteiger partial charge in [-0.1, -0.05) is 6.07 Å². The Labute approximate surface area is 115 Å². The molecule has 1 heterocycles. The lowest BCUT2D eigenvalue weighted by Crippen LogP contribution is -2.18. The molecule has 0 aliphatic heterocycles. The first-order valence-corrected chi connectivity index (χ1v) is 5.72. The maximum absolute atomic E-state index is 10.7. The molecule has 1 radical (unpaired) electrons. The van der Waals surface area contributed by atoms with Crippen molar-refractivity contribution in [2.24, 2.45) is 0 Å². The van der Waals surface area contributed by atoms with E-state index < -0.39 is 5.97 Å². The summed E-state index contributed by atoms with van der Waals surface area (Å²) >= 11 is 0. The predicted molar refractivity (Wildman–Crippen MR) is 71.2 cm³/mol. The molecule has 20 heavy (non-hydrogen) atoms. The fourth-order valence-corrected chi connectivity index (χ4v) is 1.60. The second-order valence-electron chi connectivity index (χ2n) is 3.94. The molecule has 1 aromatic heterocycles. The van der Waals surface area contributed by atoms with Gasteiger partial charge in [0.2, 0.25) is 5.88 Å². The Kier molecular flexibility index (Phi) is 4.34. The molecule has 0 fully saturated rings. The van der Waals surface area contributed by atoms with E-state index in [1.165, 1.54) is 18.3 Å². The number of pyridine rings is 1. The van der Waals surface area contributed by atoms with E-state index in [1.54, 1.807) is 18.2 Å². The van der Waals surface area contributed by atoms with Crippen molar-refractivity contribution in [3.05, 3.63) is 47.7 Å². The van der Waals surface area contributed by atoms with Gasteiger partial charge in [-0.3, -0.25) is 0 Å². The van der Waals surface area contributed by atoms with E-state index in [1.807, 2.05) is 0 Å². The Balaban J connectivity index is 2.19. The lowest BCUT2D eigenvalue weighted by atomic mass is 9.84. The molecule has 0 amide bonds. The van der Waals surface area contributed by atoms with Gasteiger partial charge < -0.3 is 20.0 Å². The molecule has 0 unspecified atom stereocenters. The highest BCUT2D eigenvalue weighted by molar-refractivity contribution is 6.46. The topological polar surface area (TPSA) is 99.9 Å². The minimum atomic E-state index is -1.06. The number of carboxylic acid groups (broad SMARTS) is 1. The Bertz CT molecular complexity index is 615. The second kappa shape index (κ2) is 6.18. The molecule has 101 valence electrons. The normalized spacial score (nSPS) is 10.1. The number of rotatable bonds is 5. The van der Waals surface area contributed by atoms with Gasteiger partial charge in [0.05, 0.1) is 12.2 Å². The molecule has 1 aromatic carbocycles. The average molecular weight is 272 g/mol. The molecule has 2 aromatic rings. The molecule has 0 aliphatic carbocycles. The van der Waals surface area contributed by atoms with Crippen LogP contribution in [0, 0.1) is 0 Å². The van der Waals surface area contributed by atoms with Gasteiger partial charge in [-0.15, -0.1) is 0 Å². The third-order valence-electron chi connectivity index (χ3n) is 2.63. The van der Waals surface area contributed by atoms with Crippen LogP contribution < -0.4 is 10.2 Å². The average Bonchev–Trinajstić information content (AvgIpc) is 2.47. The van der Waals surface area contributed by atoms with Gasteiger partial charge in [-0.2, -0.15) is 0 Å². The van der Waals surface area contributed by atoms with Crippen LogP contribution in [0.1, 0.15) is 15.9 Å². The summed E-state index contributed by atoms with van der Waals surface area (Å²) in [7, 11) is 0.898. The molecule has 0 saturated heterocycles. The molecular weight excluding hydrogens is 261 g/mol. The fraction of sp³-hybridized carbons (Fsp3) is 0.0769. The van der Waals surface area contributed by atoms with Gasteiger partial charge in [0.25, 0.3) is 0 Å². The van der Waals surface area contributed by atoms with E-state index in [-0.39, 0.29) is 18.1 Å². The van der Waals surface area contributed by atoms with Crippen LogP contribution in [0.3, 0.4) is 0 Å². The lowest BCUT2D eigenvalue weighted by molar-refractivity contribution is 0.0696. The number of ether oxygens (including phenoxy) is 1. The highest BCUT2D eigenvalue weighted by atomic mass is 16.5. The zero-order valence-corrected chi connectivity index (χ0v) is 10.4. The number of carboxylic acids is 1. The molecule has 0 saturated carbocycles. The third-order valence-corrected chi connectivity index (χ3v) is 2.63. The third kappa shape index (κ3) is 3.14. The van der Waals surface area contributed by atoms with Crippen molar-refractivity contribution in [1.29, 1.82) is 0 Å². The van der Waals surface area contributed by atoms with Crippen LogP contribution in [0.25, 0.3) is 0 Å². The molecule has 0 bridgehead atoms. The van der Waals surface area contributed by atoms with Crippen LogP contribution in [0.5, 0.6) is 11.6 Å². The molecule has 0 aliphatic rings. The van der Waals surface area contributed by atoms with Crippen molar-refractivity contribution in [1.82, 2.24) is 4.98 Å². The van der Waals surface area contributed by atoms with Crippen LogP contribution in [0.15, 0.2) is 36.5 Å². The maximum Gasteiger partial charge on any atom is 0.337 e. The first-order valence-electron chi connectivity index (χ1n) is 5.72. The van der Waals surface area contributed by atoms with Crippen molar-refractivity contribution in [2.45, 2.75) is 6.61 Å². The Morgan fingerprint density at radius 1 is 1.30 bits per heavy atom. The summed E-state index contributed by atoms with van der Waals surface area (Å²) in [6.07, 6.45) is 1.19. The van der Waals surface area contributed by atoms with Gasteiger partial charge in [-0.25, -0.2) is 9.78 Å². The standard InChI is InChI=1S/C13H11BNO5/c16-7-9-5-10(2-3-11(9)14-19)20-12-4-1-8(6-15-12)13(17)18/h1-6,16,19H,7H2,(H,17,18). The molecule has 0 atom stereocenters. The molecule has 6 nitrogen and oxygen atoms in total. The maximum atomic E-state index is 10.7. The van der Waals surface area contributed by atoms with E-state index >= 15 is 0 Å². The number of benzene rings is 1. The SMILES string of the molecule is O=C(O)c1ccc(Oc2ccc([B]O)c(CO)c2)nc1. The highest BCUT2D eigenvalue weighted by Crippen LogP contribution is 2.20. The van der Waals surface area contributed by atoms with Crippen molar-refractivity contribution in [3.8, 4) is 11.6 Å². The molecular formula is C13H11BNO5. The smallest absolute Gasteiger partial charge is 0.337 e. The zero-order chi connectivity index (χ0) is 14.5. The van der Waals surface area contributed by atoms with E-state index in [0.717, 1.165) is 7.48 Å². The number of aromatic carboxylic acids is 1. The number of aliphatic hydroxyl groups excluding tert-OH is 1. The van der Waals surface area contributed by atoms with Gasteiger partial charge in [0.15, 0.2) is 0 Å². The highest BCUT2D eigenvalue weighted by Gasteiger charge is 2.07. The molecule has 0 spiro atoms. The monoisotopic (exact) mass is 272 g/mol. The fourth-order valence-electron chi connectivity index (χ4n) is 1.60. The number of nitrogens with zero attached hydrogens (tertiary/aromatic N) is 1. The quantitative estimate of drug-likeness (QED) is 0.677. The van der Waals surface area contributed by atoms with Crippen molar-refractivity contribution in [2.75, 3.05) is 0 Å². The molecule has 2 rings (SSSR count). The summed E-state index contributed by atoms with van der Waals surface area (Å²) in [5, 5.41) is 26.9. The Hall–Kier alpha value is -2.38. The summed E-state index contributed by atoms with van der Waals surface area (Å²) < 4.78 is 5.44. The minimum absolute atomic E-state index is 0.0682. The Morgan fingerprint density at radius 2 is 2.10 bits per heavy atom. The number of hydrogen-bond donors (Lipinski definition) is 3. The van der Waals surface area contributed by atoms with Crippen molar-refractivity contribution >= 4 is 18.9 Å². The largest absolute Gasteiger partial charge is 0.478 e. The zero-order valence-electron chi connectivity index (χ0n) is 10.4. The second-order valence-corrected chi connectivity index (χ2v) is 3.94. The lowest BCUT2D eigenvalue weighted by Gasteiger charge is -2.08. The van der Waals surface area contributed by atoms with Crippen LogP contribution in [-0.2, 0) is 6.61 Å². The number of aliphatic hydroxyl groups is 1. The van der Waals surface area contributed by atoms with Gasteiger partial charge in [0.1, 0.15) is 5.75 Å². The van der Waals surface area contributed by atoms with E-state index in [0.29, 0.717) is 16.8 Å². The van der Waals surface area contributed by atoms with Crippen LogP contribution >= 0.6 is 0 Å². The van der Waals surface area contributed by atoms with Crippen LogP contribution in [-0.4, -0.2) is 33.7 Å². The summed E-state index contributed by atoms with van der Waals surface area (Å²) in [5.74, 6) is -0.399. The predicted octanol–water partition coefficient (Wildman–Crippen LogP) is 0.301. The van der Waals surface area contributed by atoms with Crippen molar-refractivity contribution in [3.63, 3.8) is 0 Å². The summed E-state index contributed by atoms with van der Waals surface area (Å²) in [6, 6.07) is 7.58. The summed E-state index contributed by atoms with van der Waals surface area (Å²) in [5.41, 5.74) is 1.07. The number of carbonyl (C=O) groups is 1. The van der Waals surface area contributed by atoms with Crippen molar-refractivity contribution < 1.29 is 24.8 Å². The number of hydrogen-bond acceptors (Lipinski definition) is 5. The van der Waals surface area contributed by atoms with Crippen LogP contribution in [0.2, 0.25) is 0 Å². The van der Waals surface area contributed by atoms with E-state index in [2.05, 4.69) is 4.98 Å². The van der Waals surface area contributed by atoms with Gasteiger partial charge >= 0.3 is 13.5 Å². The summed E-state index contributed by atoms with van der Waals surface area (Å²) in [6.45, 7) is -0.241. The summed E-state index contributed by atoms with van der Waals surface area (Å²) in [4.78, 5) is 14.6. The number of aromatic nitrogens is 1. The van der Waals surface area contributed by atoms with Gasteiger partial charge in [0, 0.05) is 12.3 Å². The first kappa shape index (κ1) is 14.0. The molecule has 3 N–H and O–H groups in total. The van der Waals surface area contributed by atoms with Gasteiger partial charge in [-0.05, 0) is 29.2 Å². The van der Waals surface area contributed by atoms with E-state index in [4.69, 9.17) is 20.0 Å².